The van der Waals surface area contributed by atoms with Crippen LogP contribution in [0, 0.1) is 5.92 Å². The average Bonchev–Trinajstić information content (AvgIpc) is 3.38. The molecule has 0 fully saturated rings. The van der Waals surface area contributed by atoms with Crippen LogP contribution >= 0.6 is 0 Å². The minimum atomic E-state index is -0.0878. The summed E-state index contributed by atoms with van der Waals surface area (Å²) in [6.45, 7) is 10.3. The number of hydrogen-bond acceptors (Lipinski definition) is 5. The second-order valence-corrected chi connectivity index (χ2v) is 9.80. The van der Waals surface area contributed by atoms with Gasteiger partial charge in [0.25, 0.3) is 5.91 Å². The Morgan fingerprint density at radius 2 is 1.97 bits per heavy atom. The number of aromatic nitrogens is 2. The molecular weight excluding hydrogens is 452 g/mol. The highest BCUT2D eigenvalue weighted by Gasteiger charge is 2.14. The van der Waals surface area contributed by atoms with Crippen molar-refractivity contribution in [3.63, 3.8) is 0 Å². The zero-order chi connectivity index (χ0) is 25.2. The fourth-order valence-electron chi connectivity index (χ4n) is 4.35. The number of ether oxygens (including phenoxy) is 2. The summed E-state index contributed by atoms with van der Waals surface area (Å²) in [5, 5.41) is 3.00. The van der Waals surface area contributed by atoms with Crippen molar-refractivity contribution < 1.29 is 14.3 Å². The van der Waals surface area contributed by atoms with Gasteiger partial charge in [0.15, 0.2) is 0 Å². The van der Waals surface area contributed by atoms with Crippen LogP contribution < -0.4 is 10.1 Å². The Bertz CT molecular complexity index is 1100. The maximum atomic E-state index is 12.8. The first-order valence-corrected chi connectivity index (χ1v) is 12.9. The number of hydrogen-bond donors (Lipinski definition) is 1. The van der Waals surface area contributed by atoms with Gasteiger partial charge >= 0.3 is 0 Å². The fraction of sp³-hybridized carbons (Fsp3) is 0.448. The summed E-state index contributed by atoms with van der Waals surface area (Å²) in [5.41, 5.74) is 4.15. The van der Waals surface area contributed by atoms with E-state index in [0.717, 1.165) is 30.9 Å². The van der Waals surface area contributed by atoms with E-state index in [-0.39, 0.29) is 5.91 Å². The Labute approximate surface area is 214 Å². The fourth-order valence-corrected chi connectivity index (χ4v) is 4.35. The molecule has 2 heterocycles. The van der Waals surface area contributed by atoms with E-state index in [1.807, 2.05) is 29.0 Å². The second-order valence-electron chi connectivity index (χ2n) is 9.80. The van der Waals surface area contributed by atoms with Gasteiger partial charge in [0.1, 0.15) is 12.4 Å². The molecule has 1 aliphatic heterocycles. The van der Waals surface area contributed by atoms with Crippen molar-refractivity contribution >= 4 is 5.91 Å². The summed E-state index contributed by atoms with van der Waals surface area (Å²) < 4.78 is 13.9. The lowest BCUT2D eigenvalue weighted by Crippen LogP contribution is -2.29. The molecule has 1 aromatic heterocycles. The van der Waals surface area contributed by atoms with Crippen LogP contribution in [0.5, 0.6) is 5.75 Å². The van der Waals surface area contributed by atoms with Crippen molar-refractivity contribution in [3.8, 4) is 5.75 Å². The van der Waals surface area contributed by atoms with Crippen molar-refractivity contribution in [2.45, 2.75) is 39.8 Å². The van der Waals surface area contributed by atoms with E-state index < -0.39 is 0 Å². The molecule has 192 valence electrons. The minimum absolute atomic E-state index is 0.0878. The molecule has 0 aliphatic carbocycles. The van der Waals surface area contributed by atoms with Gasteiger partial charge in [-0.25, -0.2) is 4.98 Å². The molecule has 0 radical (unpaired) electrons. The first-order chi connectivity index (χ1) is 17.6. The maximum absolute atomic E-state index is 12.8. The third-order valence-electron chi connectivity index (χ3n) is 6.39. The van der Waals surface area contributed by atoms with Gasteiger partial charge in [-0.3, -0.25) is 9.69 Å². The molecule has 36 heavy (non-hydrogen) atoms. The SMILES string of the molecule is CC(C)CCN1CCOCCOc2ccc(C(=O)NCCn3ccnc3)cc2Cc2cccc(c2)C1. The highest BCUT2D eigenvalue weighted by molar-refractivity contribution is 5.94. The first-order valence-electron chi connectivity index (χ1n) is 12.9. The highest BCUT2D eigenvalue weighted by Crippen LogP contribution is 2.25. The number of carbonyl (C=O) groups excluding carboxylic acids is 1. The molecule has 0 spiro atoms. The smallest absolute Gasteiger partial charge is 0.251 e. The lowest BCUT2D eigenvalue weighted by molar-refractivity contribution is 0.0764. The van der Waals surface area contributed by atoms with Gasteiger partial charge in [-0.2, -0.15) is 0 Å². The molecule has 0 unspecified atom stereocenters. The summed E-state index contributed by atoms with van der Waals surface area (Å²) >= 11 is 0. The second kappa shape index (κ2) is 13.2. The van der Waals surface area contributed by atoms with Crippen LogP contribution in [0.2, 0.25) is 0 Å². The number of rotatable bonds is 7. The van der Waals surface area contributed by atoms with E-state index in [2.05, 4.69) is 53.3 Å². The molecule has 0 atom stereocenters. The predicted molar refractivity (Wildman–Crippen MR) is 141 cm³/mol. The topological polar surface area (TPSA) is 68.6 Å². The Hall–Kier alpha value is -3.16. The summed E-state index contributed by atoms with van der Waals surface area (Å²) in [6, 6.07) is 14.4. The zero-order valence-corrected chi connectivity index (χ0v) is 21.5. The number of nitrogens with one attached hydrogen (secondary N) is 1. The lowest BCUT2D eigenvalue weighted by atomic mass is 9.99. The highest BCUT2D eigenvalue weighted by atomic mass is 16.5. The Balaban J connectivity index is 1.49. The van der Waals surface area contributed by atoms with E-state index in [9.17, 15) is 4.79 Å². The van der Waals surface area contributed by atoms with Crippen molar-refractivity contribution in [2.24, 2.45) is 5.92 Å². The quantitative estimate of drug-likeness (QED) is 0.539. The van der Waals surface area contributed by atoms with Crippen molar-refractivity contribution in [1.82, 2.24) is 19.8 Å². The van der Waals surface area contributed by atoms with Crippen LogP contribution in [0.15, 0.2) is 61.2 Å². The van der Waals surface area contributed by atoms with Gasteiger partial charge < -0.3 is 19.4 Å². The molecule has 0 saturated carbocycles. The Kier molecular flexibility index (Phi) is 9.53. The Morgan fingerprint density at radius 3 is 2.81 bits per heavy atom. The van der Waals surface area contributed by atoms with E-state index >= 15 is 0 Å². The molecule has 7 heteroatoms. The zero-order valence-electron chi connectivity index (χ0n) is 21.5. The molecule has 7 nitrogen and oxygen atoms in total. The molecule has 4 rings (SSSR count). The van der Waals surface area contributed by atoms with Crippen LogP contribution in [0.4, 0.5) is 0 Å². The van der Waals surface area contributed by atoms with Crippen molar-refractivity contribution in [3.05, 3.63) is 83.4 Å². The third kappa shape index (κ3) is 7.93. The summed E-state index contributed by atoms with van der Waals surface area (Å²) in [6.07, 6.45) is 7.24. The van der Waals surface area contributed by atoms with Gasteiger partial charge in [0, 0.05) is 50.6 Å². The van der Waals surface area contributed by atoms with Crippen molar-refractivity contribution in [2.75, 3.05) is 39.5 Å². The lowest BCUT2D eigenvalue weighted by Gasteiger charge is -2.24. The third-order valence-corrected chi connectivity index (χ3v) is 6.39. The molecule has 1 aliphatic rings. The number of carbonyl (C=O) groups is 1. The van der Waals surface area contributed by atoms with E-state index in [1.165, 1.54) is 17.5 Å². The number of fused-ring (bicyclic) bond motifs is 3. The monoisotopic (exact) mass is 490 g/mol. The van der Waals surface area contributed by atoms with Crippen LogP contribution in [-0.4, -0.2) is 59.8 Å². The molecule has 0 saturated heterocycles. The van der Waals surface area contributed by atoms with Crippen molar-refractivity contribution in [1.29, 1.82) is 0 Å². The molecule has 1 amide bonds. The van der Waals surface area contributed by atoms with Crippen LogP contribution in [0.3, 0.4) is 0 Å². The summed E-state index contributed by atoms with van der Waals surface area (Å²) in [5.74, 6) is 1.39. The van der Waals surface area contributed by atoms with Gasteiger partial charge in [-0.15, -0.1) is 0 Å². The standard InChI is InChI=1S/C29H38N4O3/c1-23(2)8-11-32-14-15-35-16-17-36-28-7-6-26(29(34)31-10-13-33-12-9-30-22-33)20-27(28)19-24-4-3-5-25(18-24)21-32/h3-7,9,12,18,20,22-23H,8,10-11,13-17,19,21H2,1-2H3,(H,31,34). The van der Waals surface area contributed by atoms with Crippen LogP contribution in [-0.2, 0) is 24.2 Å². The van der Waals surface area contributed by atoms with Crippen LogP contribution in [0.1, 0.15) is 47.3 Å². The summed E-state index contributed by atoms with van der Waals surface area (Å²) in [4.78, 5) is 19.4. The minimum Gasteiger partial charge on any atom is -0.491 e. The molecule has 1 N–H and O–H groups in total. The maximum Gasteiger partial charge on any atom is 0.251 e. The molecule has 2 aromatic carbocycles. The number of amides is 1. The van der Waals surface area contributed by atoms with Crippen LogP contribution in [0.25, 0.3) is 0 Å². The molecular formula is C29H38N4O3. The average molecular weight is 491 g/mol. The largest absolute Gasteiger partial charge is 0.491 e. The number of imidazole rings is 1. The first kappa shape index (κ1) is 25.9. The van der Waals surface area contributed by atoms with E-state index in [1.54, 1.807) is 12.5 Å². The van der Waals surface area contributed by atoms with E-state index in [4.69, 9.17) is 9.47 Å². The van der Waals surface area contributed by atoms with E-state index in [0.29, 0.717) is 50.8 Å². The predicted octanol–water partition coefficient (Wildman–Crippen LogP) is 4.16. The normalized spacial score (nSPS) is 15.1. The van der Waals surface area contributed by atoms with Gasteiger partial charge in [0.05, 0.1) is 19.5 Å². The summed E-state index contributed by atoms with van der Waals surface area (Å²) in [7, 11) is 0. The van der Waals surface area contributed by atoms with Gasteiger partial charge in [-0.05, 0) is 53.8 Å². The van der Waals surface area contributed by atoms with Gasteiger partial charge in [0.2, 0.25) is 0 Å². The molecule has 2 bridgehead atoms. The number of nitrogens with zero attached hydrogens (tertiary/aromatic N) is 3. The number of benzene rings is 2. The Morgan fingerprint density at radius 1 is 1.08 bits per heavy atom. The van der Waals surface area contributed by atoms with Gasteiger partial charge in [-0.1, -0.05) is 38.1 Å². The molecule has 3 aromatic rings.